The summed E-state index contributed by atoms with van der Waals surface area (Å²) in [6.45, 7) is 1.69. The predicted molar refractivity (Wildman–Crippen MR) is 67.4 cm³/mol. The zero-order valence-corrected chi connectivity index (χ0v) is 12.0. The standard InChI is InChI=1S/C12H13ClF3NO4/c1-3-20-10(18)5-8-7(6-13)4-9(19-2)17-11(8)21-12(14,15)16/h4H,3,5-6H2,1-2H3. The second-order valence-corrected chi connectivity index (χ2v) is 4.04. The van der Waals surface area contributed by atoms with E-state index in [1.54, 1.807) is 6.92 Å². The van der Waals surface area contributed by atoms with Crippen molar-refractivity contribution >= 4 is 17.6 Å². The van der Waals surface area contributed by atoms with E-state index in [4.69, 9.17) is 21.1 Å². The summed E-state index contributed by atoms with van der Waals surface area (Å²) < 4.78 is 50.6. The van der Waals surface area contributed by atoms with E-state index in [0.717, 1.165) is 0 Å². The molecule has 1 heterocycles. The average Bonchev–Trinajstić information content (AvgIpc) is 2.39. The Bertz CT molecular complexity index is 508. The minimum atomic E-state index is -4.95. The summed E-state index contributed by atoms with van der Waals surface area (Å²) in [6, 6.07) is 1.34. The maximum atomic E-state index is 12.4. The van der Waals surface area contributed by atoms with Crippen LogP contribution in [0.15, 0.2) is 6.07 Å². The van der Waals surface area contributed by atoms with Crippen molar-refractivity contribution in [1.29, 1.82) is 0 Å². The summed E-state index contributed by atoms with van der Waals surface area (Å²) in [7, 11) is 1.24. The van der Waals surface area contributed by atoms with Crippen LogP contribution >= 0.6 is 11.6 Å². The summed E-state index contributed by atoms with van der Waals surface area (Å²) in [5.41, 5.74) is 0.164. The molecule has 1 aromatic rings. The highest BCUT2D eigenvalue weighted by molar-refractivity contribution is 6.17. The summed E-state index contributed by atoms with van der Waals surface area (Å²) in [4.78, 5) is 15.1. The SMILES string of the molecule is CCOC(=O)Cc1c(CCl)cc(OC)nc1OC(F)(F)F. The van der Waals surface area contributed by atoms with E-state index in [0.29, 0.717) is 0 Å². The summed E-state index contributed by atoms with van der Waals surface area (Å²) in [6.07, 6.45) is -5.38. The predicted octanol–water partition coefficient (Wildman–Crippen LogP) is 2.83. The van der Waals surface area contributed by atoms with Crippen molar-refractivity contribution in [1.82, 2.24) is 4.98 Å². The van der Waals surface area contributed by atoms with E-state index in [-0.39, 0.29) is 29.5 Å². The molecule has 9 heteroatoms. The van der Waals surface area contributed by atoms with Gasteiger partial charge in [0.25, 0.3) is 0 Å². The zero-order chi connectivity index (χ0) is 16.0. The molecule has 0 N–H and O–H groups in total. The van der Waals surface area contributed by atoms with Crippen molar-refractivity contribution in [3.63, 3.8) is 0 Å². The first-order valence-corrected chi connectivity index (χ1v) is 6.38. The molecule has 0 aliphatic carbocycles. The summed E-state index contributed by atoms with van der Waals surface area (Å²) in [5.74, 6) is -1.71. The highest BCUT2D eigenvalue weighted by atomic mass is 35.5. The number of esters is 1. The quantitative estimate of drug-likeness (QED) is 0.594. The van der Waals surface area contributed by atoms with Crippen LogP contribution in [-0.2, 0) is 21.8 Å². The molecule has 0 saturated carbocycles. The van der Waals surface area contributed by atoms with E-state index >= 15 is 0 Å². The molecule has 0 atom stereocenters. The molecule has 1 rings (SSSR count). The van der Waals surface area contributed by atoms with Crippen molar-refractivity contribution < 1.29 is 32.2 Å². The van der Waals surface area contributed by atoms with E-state index < -0.39 is 24.6 Å². The topological polar surface area (TPSA) is 57.7 Å². The molecular formula is C12H13ClF3NO4. The van der Waals surface area contributed by atoms with Gasteiger partial charge in [-0.3, -0.25) is 4.79 Å². The van der Waals surface area contributed by atoms with Crippen molar-refractivity contribution in [2.45, 2.75) is 25.6 Å². The third-order valence-electron chi connectivity index (χ3n) is 2.35. The Hall–Kier alpha value is -1.70. The Kier molecular flexibility index (Phi) is 6.07. The second kappa shape index (κ2) is 7.35. The lowest BCUT2D eigenvalue weighted by molar-refractivity contribution is -0.276. The maximum absolute atomic E-state index is 12.4. The van der Waals surface area contributed by atoms with Gasteiger partial charge < -0.3 is 14.2 Å². The van der Waals surface area contributed by atoms with E-state index in [9.17, 15) is 18.0 Å². The fraction of sp³-hybridized carbons (Fsp3) is 0.500. The van der Waals surface area contributed by atoms with Crippen LogP contribution in [0.1, 0.15) is 18.1 Å². The molecule has 0 spiro atoms. The summed E-state index contributed by atoms with van der Waals surface area (Å²) >= 11 is 5.69. The molecule has 0 unspecified atom stereocenters. The van der Waals surface area contributed by atoms with Crippen molar-refractivity contribution in [3.8, 4) is 11.8 Å². The van der Waals surface area contributed by atoms with E-state index in [1.807, 2.05) is 0 Å². The Morgan fingerprint density at radius 1 is 1.43 bits per heavy atom. The highest BCUT2D eigenvalue weighted by Crippen LogP contribution is 2.31. The number of hydrogen-bond acceptors (Lipinski definition) is 5. The first kappa shape index (κ1) is 17.4. The van der Waals surface area contributed by atoms with Gasteiger partial charge in [0, 0.05) is 17.5 Å². The molecule has 1 aromatic heterocycles. The molecule has 0 fully saturated rings. The highest BCUT2D eigenvalue weighted by Gasteiger charge is 2.34. The first-order chi connectivity index (χ1) is 9.80. The molecule has 0 aliphatic heterocycles. The van der Waals surface area contributed by atoms with Gasteiger partial charge in [-0.15, -0.1) is 24.8 Å². The first-order valence-electron chi connectivity index (χ1n) is 5.84. The fourth-order valence-electron chi connectivity index (χ4n) is 1.54. The smallest absolute Gasteiger partial charge is 0.481 e. The lowest BCUT2D eigenvalue weighted by atomic mass is 10.1. The third-order valence-corrected chi connectivity index (χ3v) is 2.64. The van der Waals surface area contributed by atoms with Crippen LogP contribution in [0.3, 0.4) is 0 Å². The molecule has 5 nitrogen and oxygen atoms in total. The van der Waals surface area contributed by atoms with Crippen molar-refractivity contribution in [2.24, 2.45) is 0 Å². The molecule has 0 saturated heterocycles. The minimum absolute atomic E-state index is 0.0819. The largest absolute Gasteiger partial charge is 0.574 e. The van der Waals surface area contributed by atoms with E-state index in [1.165, 1.54) is 13.2 Å². The van der Waals surface area contributed by atoms with Gasteiger partial charge in [0.15, 0.2) is 0 Å². The normalized spacial score (nSPS) is 11.1. The van der Waals surface area contributed by atoms with Gasteiger partial charge in [-0.1, -0.05) is 0 Å². The Balaban J connectivity index is 3.24. The van der Waals surface area contributed by atoms with Gasteiger partial charge >= 0.3 is 12.3 Å². The van der Waals surface area contributed by atoms with Crippen molar-refractivity contribution in [2.75, 3.05) is 13.7 Å². The Morgan fingerprint density at radius 2 is 2.10 bits per heavy atom. The number of aromatic nitrogens is 1. The molecule has 0 amide bonds. The van der Waals surface area contributed by atoms with Gasteiger partial charge in [-0.2, -0.15) is 4.98 Å². The average molecular weight is 328 g/mol. The van der Waals surface area contributed by atoms with Gasteiger partial charge in [-0.25, -0.2) is 0 Å². The van der Waals surface area contributed by atoms with Gasteiger partial charge in [0.05, 0.1) is 20.1 Å². The molecule has 118 valence electrons. The Labute approximate surface area is 124 Å². The van der Waals surface area contributed by atoms with Gasteiger partial charge in [0.2, 0.25) is 11.8 Å². The number of rotatable bonds is 6. The number of carbonyl (C=O) groups excluding carboxylic acids is 1. The second-order valence-electron chi connectivity index (χ2n) is 3.77. The third kappa shape index (κ3) is 5.30. The number of ether oxygens (including phenoxy) is 3. The van der Waals surface area contributed by atoms with Crippen LogP contribution in [0, 0.1) is 0 Å². The van der Waals surface area contributed by atoms with E-state index in [2.05, 4.69) is 9.72 Å². The molecule has 0 aromatic carbocycles. The molecule has 0 radical (unpaired) electrons. The van der Waals surface area contributed by atoms with Gasteiger partial charge in [0.1, 0.15) is 0 Å². The minimum Gasteiger partial charge on any atom is -0.481 e. The number of halogens is 4. The van der Waals surface area contributed by atoms with Crippen LogP contribution in [0.5, 0.6) is 11.8 Å². The van der Waals surface area contributed by atoms with Crippen LogP contribution in [0.25, 0.3) is 0 Å². The molecule has 21 heavy (non-hydrogen) atoms. The fourth-order valence-corrected chi connectivity index (χ4v) is 1.78. The number of pyridine rings is 1. The number of nitrogens with zero attached hydrogens (tertiary/aromatic N) is 1. The Morgan fingerprint density at radius 3 is 2.57 bits per heavy atom. The lowest BCUT2D eigenvalue weighted by Gasteiger charge is -2.15. The van der Waals surface area contributed by atoms with Crippen LogP contribution < -0.4 is 9.47 Å². The van der Waals surface area contributed by atoms with Crippen LogP contribution in [-0.4, -0.2) is 31.0 Å². The van der Waals surface area contributed by atoms with Crippen LogP contribution in [0.4, 0.5) is 13.2 Å². The lowest BCUT2D eigenvalue weighted by Crippen LogP contribution is -2.21. The number of hydrogen-bond donors (Lipinski definition) is 0. The monoisotopic (exact) mass is 327 g/mol. The summed E-state index contributed by atoms with van der Waals surface area (Å²) in [5, 5.41) is 0. The zero-order valence-electron chi connectivity index (χ0n) is 11.3. The number of methoxy groups -OCH3 is 1. The molecular weight excluding hydrogens is 315 g/mol. The molecule has 0 aliphatic rings. The maximum Gasteiger partial charge on any atom is 0.574 e. The molecule has 0 bridgehead atoms. The number of alkyl halides is 4. The van der Waals surface area contributed by atoms with Crippen molar-refractivity contribution in [3.05, 3.63) is 17.2 Å². The van der Waals surface area contributed by atoms with Gasteiger partial charge in [-0.05, 0) is 12.5 Å². The number of carbonyl (C=O) groups is 1. The van der Waals surface area contributed by atoms with Crippen LogP contribution in [0.2, 0.25) is 0 Å².